The molecule has 25 heavy (non-hydrogen) atoms. The fourth-order valence-corrected chi connectivity index (χ4v) is 4.21. The number of nitrogens with zero attached hydrogens (tertiary/aromatic N) is 4. The molecule has 0 radical (unpaired) electrons. The highest BCUT2D eigenvalue weighted by Crippen LogP contribution is 2.40. The van der Waals surface area contributed by atoms with Gasteiger partial charge in [-0.1, -0.05) is 0 Å². The first-order valence-electron chi connectivity index (χ1n) is 9.55. The average Bonchev–Trinajstić information content (AvgIpc) is 2.98. The molecule has 1 saturated heterocycles. The molecule has 1 saturated carbocycles. The lowest BCUT2D eigenvalue weighted by molar-refractivity contribution is 0.196. The molecule has 2 fully saturated rings. The van der Waals surface area contributed by atoms with Gasteiger partial charge in [-0.15, -0.1) is 0 Å². The van der Waals surface area contributed by atoms with Crippen LogP contribution in [0.25, 0.3) is 0 Å². The molecule has 0 N–H and O–H groups in total. The molecule has 0 spiro atoms. The lowest BCUT2D eigenvalue weighted by Crippen LogP contribution is -2.37. The molecule has 2 aromatic heterocycles. The van der Waals surface area contributed by atoms with E-state index >= 15 is 0 Å². The summed E-state index contributed by atoms with van der Waals surface area (Å²) in [5.74, 6) is 2.45. The first-order valence-corrected chi connectivity index (χ1v) is 9.55. The predicted molar refractivity (Wildman–Crippen MR) is 92.4 cm³/mol. The van der Waals surface area contributed by atoms with Gasteiger partial charge >= 0.3 is 0 Å². The van der Waals surface area contributed by atoms with Gasteiger partial charge in [0.1, 0.15) is 5.76 Å². The van der Waals surface area contributed by atoms with Crippen molar-refractivity contribution in [3.63, 3.8) is 0 Å². The smallest absolute Gasteiger partial charge is 0.267 e. The second kappa shape index (κ2) is 6.09. The molecular formula is C19H24N4O2. The Bertz CT molecular complexity index is 836. The van der Waals surface area contributed by atoms with Crippen molar-refractivity contribution in [1.29, 1.82) is 0 Å². The van der Waals surface area contributed by atoms with Gasteiger partial charge in [0.25, 0.3) is 5.56 Å². The lowest BCUT2D eigenvalue weighted by Gasteiger charge is -2.23. The van der Waals surface area contributed by atoms with Crippen LogP contribution in [0.5, 0.6) is 0 Å². The highest BCUT2D eigenvalue weighted by Gasteiger charge is 2.30. The van der Waals surface area contributed by atoms with Gasteiger partial charge in [-0.25, -0.2) is 9.67 Å². The Morgan fingerprint density at radius 2 is 2.12 bits per heavy atom. The van der Waals surface area contributed by atoms with Crippen LogP contribution in [-0.4, -0.2) is 32.3 Å². The molecule has 3 heterocycles. The Hall–Kier alpha value is -1.95. The summed E-state index contributed by atoms with van der Waals surface area (Å²) < 4.78 is 7.59. The molecule has 3 aliphatic rings. The first kappa shape index (κ1) is 15.3. The van der Waals surface area contributed by atoms with E-state index in [2.05, 4.69) is 15.0 Å². The van der Waals surface area contributed by atoms with E-state index in [0.717, 1.165) is 68.1 Å². The zero-order valence-corrected chi connectivity index (χ0v) is 14.5. The third-order valence-corrected chi connectivity index (χ3v) is 5.80. The maximum absolute atomic E-state index is 12.4. The molecule has 2 aromatic rings. The number of hydrogen-bond acceptors (Lipinski definition) is 5. The monoisotopic (exact) mass is 340 g/mol. The molecule has 5 rings (SSSR count). The number of rotatable bonds is 5. The van der Waals surface area contributed by atoms with E-state index in [0.29, 0.717) is 18.5 Å². The van der Waals surface area contributed by atoms with Crippen molar-refractivity contribution in [3.8, 4) is 0 Å². The van der Waals surface area contributed by atoms with E-state index in [1.165, 1.54) is 12.8 Å². The molecule has 6 heteroatoms. The SMILES string of the molecule is O=c1cc2c(nn1CC1CCCN1Cc1ncc(C3CC3)o1)CCC2. The molecule has 1 aliphatic heterocycles. The summed E-state index contributed by atoms with van der Waals surface area (Å²) in [6, 6.07) is 2.13. The predicted octanol–water partition coefficient (Wildman–Crippen LogP) is 2.26. The summed E-state index contributed by atoms with van der Waals surface area (Å²) in [6.45, 7) is 2.44. The third-order valence-electron chi connectivity index (χ3n) is 5.80. The van der Waals surface area contributed by atoms with Crippen LogP contribution >= 0.6 is 0 Å². The van der Waals surface area contributed by atoms with Crippen molar-refractivity contribution in [2.45, 2.75) is 70.0 Å². The van der Waals surface area contributed by atoms with Gasteiger partial charge in [0.2, 0.25) is 5.89 Å². The van der Waals surface area contributed by atoms with Gasteiger partial charge in [0.15, 0.2) is 0 Å². The number of aromatic nitrogens is 3. The van der Waals surface area contributed by atoms with Crippen LogP contribution < -0.4 is 5.56 Å². The summed E-state index contributed by atoms with van der Waals surface area (Å²) in [5, 5.41) is 4.63. The van der Waals surface area contributed by atoms with Gasteiger partial charge in [-0.3, -0.25) is 9.69 Å². The maximum Gasteiger partial charge on any atom is 0.267 e. The second-order valence-electron chi connectivity index (χ2n) is 7.69. The zero-order chi connectivity index (χ0) is 16.8. The van der Waals surface area contributed by atoms with Crippen LogP contribution in [0.2, 0.25) is 0 Å². The van der Waals surface area contributed by atoms with Crippen molar-refractivity contribution in [3.05, 3.63) is 45.5 Å². The number of oxazole rings is 1. The van der Waals surface area contributed by atoms with E-state index in [1.54, 1.807) is 10.7 Å². The number of aryl methyl sites for hydroxylation is 2. The van der Waals surface area contributed by atoms with Crippen molar-refractivity contribution in [2.75, 3.05) is 6.54 Å². The summed E-state index contributed by atoms with van der Waals surface area (Å²) in [7, 11) is 0. The standard InChI is InChI=1S/C19H24N4O2/c24-19-9-14-3-1-5-16(14)21-23(19)11-15-4-2-8-22(15)12-18-20-10-17(25-18)13-6-7-13/h9-10,13,15H,1-8,11-12H2. The lowest BCUT2D eigenvalue weighted by atomic mass is 10.2. The van der Waals surface area contributed by atoms with Crippen molar-refractivity contribution >= 4 is 0 Å². The number of hydrogen-bond donors (Lipinski definition) is 0. The third kappa shape index (κ3) is 3.03. The molecular weight excluding hydrogens is 316 g/mol. The van der Waals surface area contributed by atoms with Crippen LogP contribution in [0, 0.1) is 0 Å². The van der Waals surface area contributed by atoms with E-state index in [-0.39, 0.29) is 5.56 Å². The fraction of sp³-hybridized carbons (Fsp3) is 0.632. The quantitative estimate of drug-likeness (QED) is 0.835. The molecule has 132 valence electrons. The number of fused-ring (bicyclic) bond motifs is 1. The molecule has 1 atom stereocenters. The summed E-state index contributed by atoms with van der Waals surface area (Å²) in [4.78, 5) is 19.2. The van der Waals surface area contributed by atoms with Gasteiger partial charge in [-0.05, 0) is 57.1 Å². The minimum absolute atomic E-state index is 0.0413. The Kier molecular flexibility index (Phi) is 3.73. The maximum atomic E-state index is 12.4. The van der Waals surface area contributed by atoms with Crippen LogP contribution in [0.1, 0.15) is 60.9 Å². The van der Waals surface area contributed by atoms with Crippen LogP contribution in [0.15, 0.2) is 21.5 Å². The fourth-order valence-electron chi connectivity index (χ4n) is 4.21. The second-order valence-corrected chi connectivity index (χ2v) is 7.69. The van der Waals surface area contributed by atoms with E-state index in [1.807, 2.05) is 6.20 Å². The Morgan fingerprint density at radius 3 is 3.00 bits per heavy atom. The van der Waals surface area contributed by atoms with Gasteiger partial charge < -0.3 is 4.42 Å². The van der Waals surface area contributed by atoms with Gasteiger partial charge in [0.05, 0.1) is 25.0 Å². The molecule has 2 aliphatic carbocycles. The largest absolute Gasteiger partial charge is 0.444 e. The van der Waals surface area contributed by atoms with Crippen LogP contribution in [0.3, 0.4) is 0 Å². The Balaban J connectivity index is 1.30. The summed E-state index contributed by atoms with van der Waals surface area (Å²) in [6.07, 6.45) is 9.73. The van der Waals surface area contributed by atoms with Crippen molar-refractivity contribution in [1.82, 2.24) is 19.7 Å². The topological polar surface area (TPSA) is 64.2 Å². The Morgan fingerprint density at radius 1 is 1.20 bits per heavy atom. The molecule has 1 unspecified atom stereocenters. The highest BCUT2D eigenvalue weighted by molar-refractivity contribution is 5.22. The summed E-state index contributed by atoms with van der Waals surface area (Å²) >= 11 is 0. The highest BCUT2D eigenvalue weighted by atomic mass is 16.4. The van der Waals surface area contributed by atoms with E-state index in [4.69, 9.17) is 4.42 Å². The van der Waals surface area contributed by atoms with Crippen LogP contribution in [-0.2, 0) is 25.9 Å². The minimum atomic E-state index is 0.0413. The average molecular weight is 340 g/mol. The molecule has 6 nitrogen and oxygen atoms in total. The van der Waals surface area contributed by atoms with Crippen molar-refractivity contribution in [2.24, 2.45) is 0 Å². The van der Waals surface area contributed by atoms with E-state index < -0.39 is 0 Å². The Labute approximate surface area is 146 Å². The first-order chi connectivity index (χ1) is 12.3. The number of likely N-dealkylation sites (tertiary alicyclic amines) is 1. The zero-order valence-electron chi connectivity index (χ0n) is 14.5. The van der Waals surface area contributed by atoms with Gasteiger partial charge in [-0.2, -0.15) is 5.10 Å². The van der Waals surface area contributed by atoms with Gasteiger partial charge in [0, 0.05) is 18.0 Å². The summed E-state index contributed by atoms with van der Waals surface area (Å²) in [5.41, 5.74) is 2.31. The normalized spacial score (nSPS) is 23.3. The van der Waals surface area contributed by atoms with E-state index in [9.17, 15) is 4.79 Å². The minimum Gasteiger partial charge on any atom is -0.444 e. The van der Waals surface area contributed by atoms with Crippen molar-refractivity contribution < 1.29 is 4.42 Å². The molecule has 0 amide bonds. The molecule has 0 bridgehead atoms. The molecule has 0 aromatic carbocycles. The van der Waals surface area contributed by atoms with Crippen LogP contribution in [0.4, 0.5) is 0 Å².